The van der Waals surface area contributed by atoms with E-state index in [2.05, 4.69) is 4.98 Å². The van der Waals surface area contributed by atoms with Crippen LogP contribution in [0.5, 0.6) is 5.75 Å². The molecule has 0 atom stereocenters. The predicted octanol–water partition coefficient (Wildman–Crippen LogP) is 2.07. The zero-order chi connectivity index (χ0) is 13.1. The van der Waals surface area contributed by atoms with Crippen LogP contribution in [0.25, 0.3) is 10.9 Å². The van der Waals surface area contributed by atoms with Crippen molar-refractivity contribution in [2.45, 2.75) is 26.7 Å². The van der Waals surface area contributed by atoms with Crippen molar-refractivity contribution in [3.63, 3.8) is 0 Å². The molecule has 0 aliphatic rings. The highest BCUT2D eigenvalue weighted by Gasteiger charge is 2.08. The zero-order valence-corrected chi connectivity index (χ0v) is 10.2. The summed E-state index contributed by atoms with van der Waals surface area (Å²) in [6.07, 6.45) is 0.831. The number of fused-ring (bicyclic) bond motifs is 1. The molecule has 1 aromatic carbocycles. The Balaban J connectivity index is 2.49. The van der Waals surface area contributed by atoms with Gasteiger partial charge in [0.15, 0.2) is 5.89 Å². The topological polar surface area (TPSA) is 69.4 Å². The summed E-state index contributed by atoms with van der Waals surface area (Å²) in [6.45, 7) is 3.56. The number of hydrogen-bond acceptors (Lipinski definition) is 5. The van der Waals surface area contributed by atoms with Gasteiger partial charge in [0.2, 0.25) is 0 Å². The van der Waals surface area contributed by atoms with E-state index in [1.807, 2.05) is 6.92 Å². The standard InChI is InChI=1S/C13H13NO4/c1-3-11-14-10-6-5-8(17-12(15)4-2)7-9(10)13(16)18-11/h5-7H,3-4H2,1-2H3. The van der Waals surface area contributed by atoms with Gasteiger partial charge < -0.3 is 9.15 Å². The lowest BCUT2D eigenvalue weighted by atomic mass is 10.2. The summed E-state index contributed by atoms with van der Waals surface area (Å²) >= 11 is 0. The number of aryl methyl sites for hydroxylation is 1. The first-order chi connectivity index (χ1) is 8.63. The third-order valence-corrected chi connectivity index (χ3v) is 2.47. The molecule has 0 amide bonds. The molecule has 0 unspecified atom stereocenters. The Kier molecular flexibility index (Phi) is 3.41. The average Bonchev–Trinajstić information content (AvgIpc) is 2.39. The van der Waals surface area contributed by atoms with E-state index in [-0.39, 0.29) is 12.4 Å². The van der Waals surface area contributed by atoms with Crippen molar-refractivity contribution < 1.29 is 13.9 Å². The van der Waals surface area contributed by atoms with E-state index >= 15 is 0 Å². The Morgan fingerprint density at radius 1 is 1.39 bits per heavy atom. The third-order valence-electron chi connectivity index (χ3n) is 2.47. The van der Waals surface area contributed by atoms with Gasteiger partial charge in [-0.05, 0) is 18.2 Å². The summed E-state index contributed by atoms with van der Waals surface area (Å²) in [5.74, 6) is 0.371. The summed E-state index contributed by atoms with van der Waals surface area (Å²) in [4.78, 5) is 27.1. The van der Waals surface area contributed by atoms with Gasteiger partial charge in [-0.25, -0.2) is 9.78 Å². The van der Waals surface area contributed by atoms with Crippen LogP contribution < -0.4 is 10.4 Å². The lowest BCUT2D eigenvalue weighted by Crippen LogP contribution is -2.08. The predicted molar refractivity (Wildman–Crippen MR) is 65.6 cm³/mol. The van der Waals surface area contributed by atoms with Gasteiger partial charge >= 0.3 is 11.6 Å². The Labute approximate surface area is 103 Å². The maximum absolute atomic E-state index is 11.7. The number of ether oxygens (including phenoxy) is 1. The average molecular weight is 247 g/mol. The largest absolute Gasteiger partial charge is 0.427 e. The summed E-state index contributed by atoms with van der Waals surface area (Å²) in [6, 6.07) is 4.73. The van der Waals surface area contributed by atoms with Crippen molar-refractivity contribution in [1.82, 2.24) is 4.98 Å². The Morgan fingerprint density at radius 2 is 2.17 bits per heavy atom. The van der Waals surface area contributed by atoms with Crippen molar-refractivity contribution in [1.29, 1.82) is 0 Å². The molecule has 5 heteroatoms. The second kappa shape index (κ2) is 5.00. The quantitative estimate of drug-likeness (QED) is 0.613. The van der Waals surface area contributed by atoms with Gasteiger partial charge in [-0.3, -0.25) is 4.79 Å². The lowest BCUT2D eigenvalue weighted by molar-refractivity contribution is -0.134. The first kappa shape index (κ1) is 12.3. The normalized spacial score (nSPS) is 10.6. The Hall–Kier alpha value is -2.17. The first-order valence-corrected chi connectivity index (χ1v) is 5.78. The van der Waals surface area contributed by atoms with Gasteiger partial charge in [0.25, 0.3) is 0 Å². The molecule has 0 fully saturated rings. The van der Waals surface area contributed by atoms with Gasteiger partial charge in [0.1, 0.15) is 5.75 Å². The molecule has 2 rings (SSSR count). The van der Waals surface area contributed by atoms with Gasteiger partial charge in [-0.1, -0.05) is 13.8 Å². The van der Waals surface area contributed by atoms with Crippen molar-refractivity contribution in [3.8, 4) is 5.75 Å². The molecule has 94 valence electrons. The molecule has 0 N–H and O–H groups in total. The van der Waals surface area contributed by atoms with E-state index in [4.69, 9.17) is 9.15 Å². The molecule has 0 aliphatic carbocycles. The molecule has 0 bridgehead atoms. The molecule has 18 heavy (non-hydrogen) atoms. The number of rotatable bonds is 3. The number of benzene rings is 1. The SMILES string of the molecule is CCC(=O)Oc1ccc2nc(CC)oc(=O)c2c1. The molecule has 0 aliphatic heterocycles. The van der Waals surface area contributed by atoms with Crippen LogP contribution in [0.2, 0.25) is 0 Å². The molecule has 5 nitrogen and oxygen atoms in total. The molecular weight excluding hydrogens is 234 g/mol. The Bertz CT molecular complexity index is 645. The van der Waals surface area contributed by atoms with Crippen LogP contribution in [0.3, 0.4) is 0 Å². The van der Waals surface area contributed by atoms with Crippen LogP contribution in [-0.2, 0) is 11.2 Å². The molecule has 0 saturated carbocycles. The maximum Gasteiger partial charge on any atom is 0.346 e. The fraction of sp³-hybridized carbons (Fsp3) is 0.308. The smallest absolute Gasteiger partial charge is 0.346 e. The van der Waals surface area contributed by atoms with Crippen molar-refractivity contribution in [2.24, 2.45) is 0 Å². The zero-order valence-electron chi connectivity index (χ0n) is 10.2. The number of nitrogens with zero attached hydrogens (tertiary/aromatic N) is 1. The Morgan fingerprint density at radius 3 is 2.83 bits per heavy atom. The minimum atomic E-state index is -0.466. The lowest BCUT2D eigenvalue weighted by Gasteiger charge is -2.04. The van der Waals surface area contributed by atoms with Crippen LogP contribution >= 0.6 is 0 Å². The summed E-state index contributed by atoms with van der Waals surface area (Å²) in [5, 5.41) is 0.314. The highest BCUT2D eigenvalue weighted by atomic mass is 16.5. The molecule has 0 radical (unpaired) electrons. The van der Waals surface area contributed by atoms with Gasteiger partial charge in [0.05, 0.1) is 10.9 Å². The monoisotopic (exact) mass is 247 g/mol. The third kappa shape index (κ3) is 2.40. The van der Waals surface area contributed by atoms with Crippen molar-refractivity contribution in [3.05, 3.63) is 34.5 Å². The molecule has 0 spiro atoms. The summed E-state index contributed by atoms with van der Waals surface area (Å²) < 4.78 is 10.1. The molecule has 2 aromatic rings. The minimum Gasteiger partial charge on any atom is -0.427 e. The van der Waals surface area contributed by atoms with E-state index in [9.17, 15) is 9.59 Å². The highest BCUT2D eigenvalue weighted by molar-refractivity contribution is 5.80. The van der Waals surface area contributed by atoms with E-state index in [0.29, 0.717) is 29.0 Å². The van der Waals surface area contributed by atoms with Crippen molar-refractivity contribution in [2.75, 3.05) is 0 Å². The second-order valence-corrected chi connectivity index (χ2v) is 3.76. The highest BCUT2D eigenvalue weighted by Crippen LogP contribution is 2.17. The maximum atomic E-state index is 11.7. The van der Waals surface area contributed by atoms with Crippen LogP contribution in [0.15, 0.2) is 27.4 Å². The van der Waals surface area contributed by atoms with E-state index in [1.165, 1.54) is 6.07 Å². The molecule has 1 heterocycles. The first-order valence-electron chi connectivity index (χ1n) is 5.78. The molecule has 0 saturated heterocycles. The number of carbonyl (C=O) groups is 1. The van der Waals surface area contributed by atoms with Crippen LogP contribution in [0.1, 0.15) is 26.2 Å². The second-order valence-electron chi connectivity index (χ2n) is 3.76. The van der Waals surface area contributed by atoms with E-state index in [1.54, 1.807) is 19.1 Å². The fourth-order valence-electron chi connectivity index (χ4n) is 1.51. The number of aromatic nitrogens is 1. The molecular formula is C13H13NO4. The van der Waals surface area contributed by atoms with Crippen molar-refractivity contribution >= 4 is 16.9 Å². The van der Waals surface area contributed by atoms with Crippen LogP contribution in [0.4, 0.5) is 0 Å². The number of carbonyl (C=O) groups excluding carboxylic acids is 1. The summed E-state index contributed by atoms with van der Waals surface area (Å²) in [7, 11) is 0. The van der Waals surface area contributed by atoms with Gasteiger partial charge in [-0.15, -0.1) is 0 Å². The van der Waals surface area contributed by atoms with Gasteiger partial charge in [0, 0.05) is 12.8 Å². The fourth-order valence-corrected chi connectivity index (χ4v) is 1.51. The number of hydrogen-bond donors (Lipinski definition) is 0. The minimum absolute atomic E-state index is 0.277. The van der Waals surface area contributed by atoms with Crippen LogP contribution in [-0.4, -0.2) is 11.0 Å². The molecule has 1 aromatic heterocycles. The summed E-state index contributed by atoms with van der Waals surface area (Å²) in [5.41, 5.74) is 0.0747. The van der Waals surface area contributed by atoms with Crippen LogP contribution in [0, 0.1) is 0 Å². The van der Waals surface area contributed by atoms with Gasteiger partial charge in [-0.2, -0.15) is 0 Å². The number of esters is 1. The van der Waals surface area contributed by atoms with E-state index < -0.39 is 5.63 Å². The van der Waals surface area contributed by atoms with E-state index in [0.717, 1.165) is 0 Å².